The van der Waals surface area contributed by atoms with Gasteiger partial charge in [0.05, 0.1) is 47.7 Å². The first kappa shape index (κ1) is 26.1. The molecule has 10 heteroatoms. The van der Waals surface area contributed by atoms with Crippen LogP contribution in [0, 0.1) is 22.7 Å². The van der Waals surface area contributed by atoms with Crippen LogP contribution in [0.4, 0.5) is 5.69 Å². The van der Waals surface area contributed by atoms with Gasteiger partial charge in [-0.2, -0.15) is 10.5 Å². The van der Waals surface area contributed by atoms with Crippen molar-refractivity contribution in [2.45, 2.75) is 17.7 Å². The van der Waals surface area contributed by atoms with E-state index in [-0.39, 0.29) is 42.9 Å². The van der Waals surface area contributed by atoms with Crippen molar-refractivity contribution in [3.05, 3.63) is 72.8 Å². The van der Waals surface area contributed by atoms with Gasteiger partial charge in [0.25, 0.3) is 15.9 Å². The Kier molecular flexibility index (Phi) is 9.81. The summed E-state index contributed by atoms with van der Waals surface area (Å²) in [5.74, 6) is -1.43. The normalized spacial score (nSPS) is 10.4. The number of carbonyl (C=O) groups is 2. The molecule has 0 unspecified atom stereocenters. The van der Waals surface area contributed by atoms with E-state index in [1.807, 2.05) is 12.1 Å². The Morgan fingerprint density at radius 2 is 1.65 bits per heavy atom. The molecule has 0 N–H and O–H groups in total. The Labute approximate surface area is 199 Å². The first-order chi connectivity index (χ1) is 16.3. The average molecular weight is 481 g/mol. The maximum absolute atomic E-state index is 13.3. The molecule has 2 aromatic rings. The summed E-state index contributed by atoms with van der Waals surface area (Å²) in [4.78, 5) is 26.0. The molecule has 0 bridgehead atoms. The van der Waals surface area contributed by atoms with E-state index < -0.39 is 28.5 Å². The summed E-state index contributed by atoms with van der Waals surface area (Å²) >= 11 is 0. The average Bonchev–Trinajstić information content (AvgIpc) is 2.86. The van der Waals surface area contributed by atoms with Gasteiger partial charge in [-0.3, -0.25) is 9.10 Å². The summed E-state index contributed by atoms with van der Waals surface area (Å²) in [5, 5.41) is 17.5. The quantitative estimate of drug-likeness (QED) is 0.337. The number of hydrogen-bond acceptors (Lipinski definition) is 7. The number of nitriles is 2. The highest BCUT2D eigenvalue weighted by Gasteiger charge is 2.25. The molecule has 34 heavy (non-hydrogen) atoms. The Hall–Kier alpha value is -4.15. The van der Waals surface area contributed by atoms with E-state index in [2.05, 4.69) is 6.58 Å². The van der Waals surface area contributed by atoms with Gasteiger partial charge in [-0.1, -0.05) is 30.3 Å². The van der Waals surface area contributed by atoms with E-state index in [4.69, 9.17) is 15.3 Å². The van der Waals surface area contributed by atoms with Crippen molar-refractivity contribution >= 4 is 27.6 Å². The van der Waals surface area contributed by atoms with Crippen molar-refractivity contribution in [2.24, 2.45) is 0 Å². The summed E-state index contributed by atoms with van der Waals surface area (Å²) in [5.41, 5.74) is 0.400. The van der Waals surface area contributed by atoms with Crippen molar-refractivity contribution in [1.29, 1.82) is 10.5 Å². The zero-order valence-electron chi connectivity index (χ0n) is 18.5. The molecule has 0 aliphatic rings. The summed E-state index contributed by atoms with van der Waals surface area (Å²) in [7, 11) is -4.02. The van der Waals surface area contributed by atoms with Crippen molar-refractivity contribution in [3.63, 3.8) is 0 Å². The lowest BCUT2D eigenvalue weighted by Gasteiger charge is -2.23. The number of esters is 1. The van der Waals surface area contributed by atoms with Crippen LogP contribution < -0.4 is 4.31 Å². The number of amides is 1. The fraction of sp³-hybridized carbons (Fsp3) is 0.250. The molecule has 0 spiro atoms. The van der Waals surface area contributed by atoms with Gasteiger partial charge < -0.3 is 9.64 Å². The number of ether oxygens (including phenoxy) is 1. The fourth-order valence-electron chi connectivity index (χ4n) is 3.00. The van der Waals surface area contributed by atoms with E-state index in [0.717, 1.165) is 4.31 Å². The summed E-state index contributed by atoms with van der Waals surface area (Å²) in [6.45, 7) is 3.27. The minimum Gasteiger partial charge on any atom is -0.452 e. The van der Waals surface area contributed by atoms with Crippen LogP contribution in [-0.4, -0.2) is 51.4 Å². The second-order valence-electron chi connectivity index (χ2n) is 6.96. The number of sulfonamides is 1. The highest BCUT2D eigenvalue weighted by atomic mass is 32.2. The molecule has 176 valence electrons. The van der Waals surface area contributed by atoms with E-state index in [1.54, 1.807) is 30.3 Å². The molecule has 0 aliphatic heterocycles. The third-order valence-corrected chi connectivity index (χ3v) is 6.45. The highest BCUT2D eigenvalue weighted by molar-refractivity contribution is 7.92. The number of rotatable bonds is 12. The molecule has 0 saturated heterocycles. The van der Waals surface area contributed by atoms with Crippen LogP contribution in [0.25, 0.3) is 0 Å². The maximum Gasteiger partial charge on any atom is 0.338 e. The van der Waals surface area contributed by atoms with Gasteiger partial charge in [0, 0.05) is 13.1 Å². The van der Waals surface area contributed by atoms with Gasteiger partial charge >= 0.3 is 5.97 Å². The maximum atomic E-state index is 13.3. The smallest absolute Gasteiger partial charge is 0.338 e. The predicted octanol–water partition coefficient (Wildman–Crippen LogP) is 2.88. The van der Waals surface area contributed by atoms with Gasteiger partial charge in [0.15, 0.2) is 6.61 Å². The Bertz CT molecular complexity index is 1180. The standard InChI is InChI=1S/C24H24N4O5S/c1-2-15-28(21-10-4-3-5-11-21)34(31,32)22-12-6-9-20(18-22)24(30)33-19-23(29)27(16-7-13-25)17-8-14-26/h2-6,9-12,18H,1,7-8,15-17,19H2. The number of benzene rings is 2. The van der Waals surface area contributed by atoms with Crippen molar-refractivity contribution < 1.29 is 22.7 Å². The van der Waals surface area contributed by atoms with E-state index in [1.165, 1.54) is 35.2 Å². The molecule has 0 fully saturated rings. The van der Waals surface area contributed by atoms with Crippen LogP contribution in [0.3, 0.4) is 0 Å². The fourth-order valence-corrected chi connectivity index (χ4v) is 4.48. The molecule has 0 heterocycles. The van der Waals surface area contributed by atoms with E-state index in [9.17, 15) is 18.0 Å². The SMILES string of the molecule is C=CCN(c1ccccc1)S(=O)(=O)c1cccc(C(=O)OCC(=O)N(CCC#N)CCC#N)c1. The molecule has 1 amide bonds. The third-order valence-electron chi connectivity index (χ3n) is 4.66. The third kappa shape index (κ3) is 6.92. The zero-order valence-corrected chi connectivity index (χ0v) is 19.3. The van der Waals surface area contributed by atoms with Gasteiger partial charge in [-0.15, -0.1) is 6.58 Å². The van der Waals surface area contributed by atoms with Gasteiger partial charge in [-0.05, 0) is 30.3 Å². The van der Waals surface area contributed by atoms with Crippen LogP contribution in [0.1, 0.15) is 23.2 Å². The number of para-hydroxylation sites is 1. The van der Waals surface area contributed by atoms with Crippen LogP contribution in [0.5, 0.6) is 0 Å². The van der Waals surface area contributed by atoms with Crippen LogP contribution in [0.2, 0.25) is 0 Å². The van der Waals surface area contributed by atoms with Gasteiger partial charge in [0.1, 0.15) is 0 Å². The second kappa shape index (κ2) is 12.8. The Morgan fingerprint density at radius 1 is 1.00 bits per heavy atom. The van der Waals surface area contributed by atoms with E-state index >= 15 is 0 Å². The lowest BCUT2D eigenvalue weighted by atomic mass is 10.2. The molecular formula is C24H24N4O5S. The predicted molar refractivity (Wildman–Crippen MR) is 125 cm³/mol. The molecule has 0 aliphatic carbocycles. The Balaban J connectivity index is 2.18. The number of nitrogens with zero attached hydrogens (tertiary/aromatic N) is 4. The van der Waals surface area contributed by atoms with Crippen LogP contribution >= 0.6 is 0 Å². The zero-order chi connectivity index (χ0) is 25.0. The summed E-state index contributed by atoms with van der Waals surface area (Å²) in [6, 6.07) is 17.7. The molecule has 2 rings (SSSR count). The highest BCUT2D eigenvalue weighted by Crippen LogP contribution is 2.24. The van der Waals surface area contributed by atoms with Crippen LogP contribution in [-0.2, 0) is 19.6 Å². The summed E-state index contributed by atoms with van der Waals surface area (Å²) < 4.78 is 32.8. The topological polar surface area (TPSA) is 132 Å². The number of carbonyl (C=O) groups excluding carboxylic acids is 2. The van der Waals surface area contributed by atoms with Gasteiger partial charge in [0.2, 0.25) is 0 Å². The van der Waals surface area contributed by atoms with Crippen LogP contribution in [0.15, 0.2) is 72.1 Å². The van der Waals surface area contributed by atoms with Crippen molar-refractivity contribution in [2.75, 3.05) is 30.5 Å². The molecule has 0 saturated carbocycles. The molecule has 0 atom stereocenters. The number of anilines is 1. The molecule has 0 aromatic heterocycles. The minimum absolute atomic E-state index is 0.0246. The molecule has 2 aromatic carbocycles. The first-order valence-electron chi connectivity index (χ1n) is 10.3. The monoisotopic (exact) mass is 480 g/mol. The van der Waals surface area contributed by atoms with Crippen molar-refractivity contribution in [3.8, 4) is 12.1 Å². The Morgan fingerprint density at radius 3 is 2.24 bits per heavy atom. The van der Waals surface area contributed by atoms with E-state index in [0.29, 0.717) is 5.69 Å². The lowest BCUT2D eigenvalue weighted by Crippen LogP contribution is -2.36. The minimum atomic E-state index is -4.02. The summed E-state index contributed by atoms with van der Waals surface area (Å²) in [6.07, 6.45) is 1.61. The number of hydrogen-bond donors (Lipinski definition) is 0. The largest absolute Gasteiger partial charge is 0.452 e. The molecule has 9 nitrogen and oxygen atoms in total. The second-order valence-corrected chi connectivity index (χ2v) is 8.82. The molecular weight excluding hydrogens is 456 g/mol. The van der Waals surface area contributed by atoms with Gasteiger partial charge in [-0.25, -0.2) is 13.2 Å². The lowest BCUT2D eigenvalue weighted by molar-refractivity contribution is -0.134. The molecule has 0 radical (unpaired) electrons. The first-order valence-corrected chi connectivity index (χ1v) is 11.8. The van der Waals surface area contributed by atoms with Crippen molar-refractivity contribution in [1.82, 2.24) is 4.90 Å².